The molecule has 1 atom stereocenters. The van der Waals surface area contributed by atoms with Crippen LogP contribution in [0.4, 0.5) is 9.18 Å². The minimum absolute atomic E-state index is 0.280. The Kier molecular flexibility index (Phi) is 6.28. The average Bonchev–Trinajstić information content (AvgIpc) is 2.38. The first kappa shape index (κ1) is 16.6. The molecule has 0 saturated carbocycles. The fourth-order valence-electron chi connectivity index (χ4n) is 1.53. The Morgan fingerprint density at radius 1 is 1.29 bits per heavy atom. The molecule has 1 aromatic carbocycles. The van der Waals surface area contributed by atoms with E-state index in [0.717, 1.165) is 0 Å². The van der Waals surface area contributed by atoms with Gasteiger partial charge >= 0.3 is 12.0 Å². The first-order valence-electron chi connectivity index (χ1n) is 6.04. The largest absolute Gasteiger partial charge is 0.480 e. The Labute approximate surface area is 120 Å². The van der Waals surface area contributed by atoms with Crippen molar-refractivity contribution >= 4 is 17.9 Å². The highest BCUT2D eigenvalue weighted by atomic mass is 19.1. The minimum Gasteiger partial charge on any atom is -0.480 e. The lowest BCUT2D eigenvalue weighted by Gasteiger charge is -2.15. The number of carbonyl (C=O) groups excluding carboxylic acids is 2. The van der Waals surface area contributed by atoms with E-state index in [9.17, 15) is 18.8 Å². The summed E-state index contributed by atoms with van der Waals surface area (Å²) in [5, 5.41) is 12.6. The number of carbonyl (C=O) groups is 3. The number of carboxylic acid groups (broad SMARTS) is 1. The van der Waals surface area contributed by atoms with Gasteiger partial charge in [-0.05, 0) is 13.0 Å². The van der Waals surface area contributed by atoms with E-state index in [1.807, 2.05) is 5.32 Å². The maximum Gasteiger partial charge on any atom is 0.329 e. The molecule has 0 spiro atoms. The lowest BCUT2D eigenvalue weighted by atomic mass is 10.1. The third-order valence-electron chi connectivity index (χ3n) is 2.43. The number of imide groups is 1. The molecule has 0 radical (unpaired) electrons. The van der Waals surface area contributed by atoms with Crippen LogP contribution in [0.15, 0.2) is 24.3 Å². The van der Waals surface area contributed by atoms with Crippen LogP contribution in [0.5, 0.6) is 0 Å². The van der Waals surface area contributed by atoms with Crippen molar-refractivity contribution in [2.75, 3.05) is 13.2 Å². The summed E-state index contributed by atoms with van der Waals surface area (Å²) in [6, 6.07) is 4.46. The van der Waals surface area contributed by atoms with Gasteiger partial charge in [-0.3, -0.25) is 10.1 Å². The van der Waals surface area contributed by atoms with Crippen LogP contribution in [0.25, 0.3) is 0 Å². The van der Waals surface area contributed by atoms with Crippen LogP contribution in [0.1, 0.15) is 18.5 Å². The summed E-state index contributed by atoms with van der Waals surface area (Å²) in [4.78, 5) is 32.9. The van der Waals surface area contributed by atoms with Crippen molar-refractivity contribution in [2.45, 2.75) is 13.0 Å². The summed E-state index contributed by atoms with van der Waals surface area (Å²) in [5.74, 6) is -2.49. The summed E-state index contributed by atoms with van der Waals surface area (Å²) in [7, 11) is 0. The highest BCUT2D eigenvalue weighted by molar-refractivity contribution is 5.95. The Balaban J connectivity index is 2.41. The van der Waals surface area contributed by atoms with E-state index in [1.165, 1.54) is 18.2 Å². The molecular weight excluding hydrogens is 283 g/mol. The molecule has 0 aliphatic carbocycles. The molecule has 1 unspecified atom stereocenters. The quantitative estimate of drug-likeness (QED) is 0.721. The molecule has 114 valence electrons. The molecule has 0 bridgehead atoms. The Morgan fingerprint density at radius 2 is 1.95 bits per heavy atom. The maximum atomic E-state index is 13.5. The van der Waals surface area contributed by atoms with Crippen LogP contribution in [-0.2, 0) is 14.3 Å². The fraction of sp³-hybridized carbons (Fsp3) is 0.308. The van der Waals surface area contributed by atoms with Crippen molar-refractivity contribution in [1.82, 2.24) is 10.6 Å². The number of aliphatic carboxylic acids is 1. The molecule has 0 aliphatic rings. The number of carboxylic acids is 1. The zero-order valence-corrected chi connectivity index (χ0v) is 11.3. The zero-order chi connectivity index (χ0) is 15.8. The Bertz CT molecular complexity index is 535. The van der Waals surface area contributed by atoms with Crippen LogP contribution in [0, 0.1) is 5.82 Å². The molecule has 3 amide bonds. The molecule has 21 heavy (non-hydrogen) atoms. The Morgan fingerprint density at radius 3 is 2.57 bits per heavy atom. The normalized spacial score (nSPS) is 11.5. The number of hydrogen-bond donors (Lipinski definition) is 3. The number of nitrogens with one attached hydrogen (secondary N) is 2. The first-order chi connectivity index (χ1) is 9.90. The number of benzene rings is 1. The van der Waals surface area contributed by atoms with Crippen LogP contribution in [0.2, 0.25) is 0 Å². The van der Waals surface area contributed by atoms with Crippen LogP contribution < -0.4 is 10.6 Å². The van der Waals surface area contributed by atoms with Crippen molar-refractivity contribution in [2.24, 2.45) is 0 Å². The Hall–Kier alpha value is -2.48. The SMILES string of the molecule is CC(NC(=O)NC(=O)COCC(=O)O)c1ccccc1F. The van der Waals surface area contributed by atoms with Gasteiger partial charge in [0.2, 0.25) is 0 Å². The zero-order valence-electron chi connectivity index (χ0n) is 11.3. The molecule has 0 aromatic heterocycles. The molecule has 0 saturated heterocycles. The van der Waals surface area contributed by atoms with Crippen molar-refractivity contribution in [3.63, 3.8) is 0 Å². The minimum atomic E-state index is -1.22. The summed E-state index contributed by atoms with van der Waals surface area (Å²) >= 11 is 0. The molecule has 1 aromatic rings. The molecule has 7 nitrogen and oxygen atoms in total. The van der Waals surface area contributed by atoms with E-state index in [4.69, 9.17) is 5.11 Å². The second kappa shape index (κ2) is 7.95. The highest BCUT2D eigenvalue weighted by Gasteiger charge is 2.15. The number of rotatable bonds is 6. The molecule has 1 rings (SSSR count). The van der Waals surface area contributed by atoms with E-state index in [-0.39, 0.29) is 5.56 Å². The lowest BCUT2D eigenvalue weighted by Crippen LogP contribution is -2.42. The van der Waals surface area contributed by atoms with Gasteiger partial charge in [0.25, 0.3) is 5.91 Å². The number of halogens is 1. The van der Waals surface area contributed by atoms with Crippen molar-refractivity contribution in [1.29, 1.82) is 0 Å². The molecule has 0 heterocycles. The van der Waals surface area contributed by atoms with Gasteiger partial charge < -0.3 is 15.2 Å². The second-order valence-corrected chi connectivity index (χ2v) is 4.15. The van der Waals surface area contributed by atoms with Crippen molar-refractivity contribution < 1.29 is 28.6 Å². The van der Waals surface area contributed by atoms with E-state index >= 15 is 0 Å². The monoisotopic (exact) mass is 298 g/mol. The number of urea groups is 1. The molecule has 3 N–H and O–H groups in total. The van der Waals surface area contributed by atoms with Gasteiger partial charge in [0.1, 0.15) is 19.0 Å². The lowest BCUT2D eigenvalue weighted by molar-refractivity contribution is -0.143. The third kappa shape index (κ3) is 6.00. The number of ether oxygens (including phenoxy) is 1. The van der Waals surface area contributed by atoms with Crippen LogP contribution >= 0.6 is 0 Å². The van der Waals surface area contributed by atoms with E-state index in [1.54, 1.807) is 13.0 Å². The maximum absolute atomic E-state index is 13.5. The smallest absolute Gasteiger partial charge is 0.329 e. The van der Waals surface area contributed by atoms with Gasteiger partial charge in [0.15, 0.2) is 0 Å². The highest BCUT2D eigenvalue weighted by Crippen LogP contribution is 2.15. The standard InChI is InChI=1S/C13H15FN2O5/c1-8(9-4-2-3-5-10(9)14)15-13(20)16-11(17)6-21-7-12(18)19/h2-5,8H,6-7H2,1H3,(H,18,19)(H2,15,16,17,20). The van der Waals surface area contributed by atoms with Crippen LogP contribution in [0.3, 0.4) is 0 Å². The molecular formula is C13H15FN2O5. The summed E-state index contributed by atoms with van der Waals surface area (Å²) in [5.41, 5.74) is 0.280. The fourth-order valence-corrected chi connectivity index (χ4v) is 1.53. The summed E-state index contributed by atoms with van der Waals surface area (Å²) in [6.07, 6.45) is 0. The first-order valence-corrected chi connectivity index (χ1v) is 6.04. The van der Waals surface area contributed by atoms with Gasteiger partial charge in [0, 0.05) is 5.56 Å². The molecule has 8 heteroatoms. The third-order valence-corrected chi connectivity index (χ3v) is 2.43. The number of amides is 3. The predicted molar refractivity (Wildman–Crippen MR) is 69.9 cm³/mol. The number of hydrogen-bond acceptors (Lipinski definition) is 4. The van der Waals surface area contributed by atoms with Gasteiger partial charge in [-0.15, -0.1) is 0 Å². The average molecular weight is 298 g/mol. The second-order valence-electron chi connectivity index (χ2n) is 4.15. The van der Waals surface area contributed by atoms with E-state index in [2.05, 4.69) is 10.1 Å². The van der Waals surface area contributed by atoms with Crippen LogP contribution in [-0.4, -0.2) is 36.2 Å². The van der Waals surface area contributed by atoms with Crippen molar-refractivity contribution in [3.8, 4) is 0 Å². The molecule has 0 aliphatic heterocycles. The van der Waals surface area contributed by atoms with Crippen molar-refractivity contribution in [3.05, 3.63) is 35.6 Å². The van der Waals surface area contributed by atoms with Gasteiger partial charge in [-0.1, -0.05) is 18.2 Å². The van der Waals surface area contributed by atoms with Gasteiger partial charge in [0.05, 0.1) is 6.04 Å². The topological polar surface area (TPSA) is 105 Å². The van der Waals surface area contributed by atoms with Gasteiger partial charge in [-0.2, -0.15) is 0 Å². The van der Waals surface area contributed by atoms with E-state index < -0.39 is 43.0 Å². The molecule has 0 fully saturated rings. The van der Waals surface area contributed by atoms with Gasteiger partial charge in [-0.25, -0.2) is 14.0 Å². The predicted octanol–water partition coefficient (Wildman–Crippen LogP) is 0.814. The summed E-state index contributed by atoms with van der Waals surface area (Å²) < 4.78 is 18.0. The van der Waals surface area contributed by atoms with E-state index in [0.29, 0.717) is 0 Å². The summed E-state index contributed by atoms with van der Waals surface area (Å²) in [6.45, 7) is 0.359.